The third-order valence-corrected chi connectivity index (χ3v) is 2.15. The van der Waals surface area contributed by atoms with Crippen LogP contribution in [0.2, 0.25) is 5.28 Å². The second-order valence-corrected chi connectivity index (χ2v) is 3.39. The molecule has 15 heavy (non-hydrogen) atoms. The second-order valence-electron chi connectivity index (χ2n) is 3.05. The fourth-order valence-corrected chi connectivity index (χ4v) is 1.33. The van der Waals surface area contributed by atoms with Crippen LogP contribution < -0.4 is 0 Å². The van der Waals surface area contributed by atoms with Gasteiger partial charge in [0.1, 0.15) is 6.10 Å². The first kappa shape index (κ1) is 11.9. The number of nitriles is 1. The van der Waals surface area contributed by atoms with Crippen molar-refractivity contribution in [3.8, 4) is 6.07 Å². The maximum absolute atomic E-state index is 9.67. The van der Waals surface area contributed by atoms with Gasteiger partial charge in [0.15, 0.2) is 0 Å². The number of nitrogens with zero attached hydrogens (tertiary/aromatic N) is 3. The molecule has 0 bridgehead atoms. The zero-order chi connectivity index (χ0) is 11.4. The molecule has 1 heterocycles. The van der Waals surface area contributed by atoms with Crippen LogP contribution in [0.3, 0.4) is 0 Å². The summed E-state index contributed by atoms with van der Waals surface area (Å²) in [5.41, 5.74) is 0.863. The van der Waals surface area contributed by atoms with Gasteiger partial charge in [-0.2, -0.15) is 5.26 Å². The van der Waals surface area contributed by atoms with Gasteiger partial charge in [-0.3, -0.25) is 0 Å². The first-order chi connectivity index (χ1) is 7.06. The highest BCUT2D eigenvalue weighted by atomic mass is 35.5. The Morgan fingerprint density at radius 1 is 1.60 bits per heavy atom. The molecule has 0 fully saturated rings. The van der Waals surface area contributed by atoms with E-state index in [0.717, 1.165) is 0 Å². The molecule has 2 unspecified atom stereocenters. The first-order valence-corrected chi connectivity index (χ1v) is 4.66. The van der Waals surface area contributed by atoms with E-state index in [1.807, 2.05) is 0 Å². The molecule has 0 aromatic carbocycles. The standard InChI is InChI=1S/C9H10ClN3O2/c1-5-6(4-12-9(10)13-5)8(15)7(14)2-3-11/h4,7-8,14-15H,2H2,1H3. The van der Waals surface area contributed by atoms with Crippen molar-refractivity contribution in [3.63, 3.8) is 0 Å². The topological polar surface area (TPSA) is 90.0 Å². The van der Waals surface area contributed by atoms with Crippen molar-refractivity contribution in [1.29, 1.82) is 5.26 Å². The lowest BCUT2D eigenvalue weighted by molar-refractivity contribution is 0.0208. The summed E-state index contributed by atoms with van der Waals surface area (Å²) in [7, 11) is 0. The van der Waals surface area contributed by atoms with Crippen LogP contribution in [0.4, 0.5) is 0 Å². The SMILES string of the molecule is Cc1nc(Cl)ncc1C(O)C(O)CC#N. The van der Waals surface area contributed by atoms with Gasteiger partial charge in [-0.05, 0) is 18.5 Å². The highest BCUT2D eigenvalue weighted by Crippen LogP contribution is 2.21. The average molecular weight is 228 g/mol. The maximum atomic E-state index is 9.67. The van der Waals surface area contributed by atoms with E-state index in [-0.39, 0.29) is 11.7 Å². The molecule has 0 saturated heterocycles. The third-order valence-electron chi connectivity index (χ3n) is 1.97. The van der Waals surface area contributed by atoms with Crippen molar-refractivity contribution < 1.29 is 10.2 Å². The number of aliphatic hydroxyl groups excluding tert-OH is 2. The zero-order valence-electron chi connectivity index (χ0n) is 8.05. The lowest BCUT2D eigenvalue weighted by Crippen LogP contribution is -2.19. The Bertz CT molecular complexity index is 391. The number of aliphatic hydroxyl groups is 2. The Hall–Kier alpha value is -1.22. The summed E-state index contributed by atoms with van der Waals surface area (Å²) in [5, 5.41) is 27.5. The lowest BCUT2D eigenvalue weighted by atomic mass is 10.0. The lowest BCUT2D eigenvalue weighted by Gasteiger charge is -2.16. The second kappa shape index (κ2) is 5.03. The molecule has 0 aliphatic heterocycles. The van der Waals surface area contributed by atoms with Gasteiger partial charge in [0.05, 0.1) is 18.6 Å². The largest absolute Gasteiger partial charge is 0.389 e. The predicted molar refractivity (Wildman–Crippen MR) is 53.0 cm³/mol. The van der Waals surface area contributed by atoms with Gasteiger partial charge >= 0.3 is 0 Å². The van der Waals surface area contributed by atoms with Gasteiger partial charge in [0.2, 0.25) is 5.28 Å². The summed E-state index contributed by atoms with van der Waals surface area (Å²) in [4.78, 5) is 7.54. The molecule has 2 N–H and O–H groups in total. The Balaban J connectivity index is 2.91. The summed E-state index contributed by atoms with van der Waals surface area (Å²) in [5.74, 6) is 0. The highest BCUT2D eigenvalue weighted by Gasteiger charge is 2.20. The normalized spacial score (nSPS) is 14.3. The summed E-state index contributed by atoms with van der Waals surface area (Å²) < 4.78 is 0. The molecule has 5 nitrogen and oxygen atoms in total. The summed E-state index contributed by atoms with van der Waals surface area (Å²) >= 11 is 5.54. The van der Waals surface area contributed by atoms with Crippen LogP contribution in [0.15, 0.2) is 6.20 Å². The Kier molecular flexibility index (Phi) is 3.97. The minimum Gasteiger partial charge on any atom is -0.389 e. The minimum absolute atomic E-state index is 0.0817. The Morgan fingerprint density at radius 3 is 2.80 bits per heavy atom. The van der Waals surface area contributed by atoms with E-state index in [2.05, 4.69) is 9.97 Å². The number of halogens is 1. The Morgan fingerprint density at radius 2 is 2.27 bits per heavy atom. The van der Waals surface area contributed by atoms with Crippen LogP contribution in [-0.2, 0) is 0 Å². The molecule has 1 rings (SSSR count). The molecule has 1 aromatic rings. The highest BCUT2D eigenvalue weighted by molar-refractivity contribution is 6.28. The van der Waals surface area contributed by atoms with E-state index < -0.39 is 12.2 Å². The smallest absolute Gasteiger partial charge is 0.222 e. The monoisotopic (exact) mass is 227 g/mol. The molecule has 80 valence electrons. The van der Waals surface area contributed by atoms with Crippen molar-refractivity contribution in [2.75, 3.05) is 0 Å². The molecular formula is C9H10ClN3O2. The zero-order valence-corrected chi connectivity index (χ0v) is 8.81. The van der Waals surface area contributed by atoms with Gasteiger partial charge in [0, 0.05) is 17.5 Å². The van der Waals surface area contributed by atoms with Crippen LogP contribution in [0, 0.1) is 18.3 Å². The number of aryl methyl sites for hydroxylation is 1. The molecule has 2 atom stereocenters. The van der Waals surface area contributed by atoms with E-state index in [0.29, 0.717) is 11.3 Å². The van der Waals surface area contributed by atoms with E-state index in [1.54, 1.807) is 13.0 Å². The van der Waals surface area contributed by atoms with E-state index in [1.165, 1.54) is 6.20 Å². The van der Waals surface area contributed by atoms with E-state index >= 15 is 0 Å². The maximum Gasteiger partial charge on any atom is 0.222 e. The van der Waals surface area contributed by atoms with Gasteiger partial charge < -0.3 is 10.2 Å². The minimum atomic E-state index is -1.16. The van der Waals surface area contributed by atoms with Crippen molar-refractivity contribution in [3.05, 3.63) is 22.7 Å². The van der Waals surface area contributed by atoms with Crippen molar-refractivity contribution in [2.45, 2.75) is 25.6 Å². The first-order valence-electron chi connectivity index (χ1n) is 4.28. The van der Waals surface area contributed by atoms with Crippen molar-refractivity contribution >= 4 is 11.6 Å². The number of hydrogen-bond donors (Lipinski definition) is 2. The van der Waals surface area contributed by atoms with Gasteiger partial charge in [-0.1, -0.05) is 0 Å². The predicted octanol–water partition coefficient (Wildman–Crippen LogP) is 0.746. The van der Waals surface area contributed by atoms with Crippen LogP contribution in [-0.4, -0.2) is 26.3 Å². The van der Waals surface area contributed by atoms with Gasteiger partial charge in [-0.15, -0.1) is 0 Å². The molecule has 6 heteroatoms. The summed E-state index contributed by atoms with van der Waals surface area (Å²) in [6.07, 6.45) is -1.11. The molecule has 1 aromatic heterocycles. The molecule has 0 radical (unpaired) electrons. The van der Waals surface area contributed by atoms with Crippen LogP contribution in [0.5, 0.6) is 0 Å². The summed E-state index contributed by atoms with van der Waals surface area (Å²) in [6.45, 7) is 1.64. The molecule has 0 saturated carbocycles. The molecule has 0 aliphatic rings. The van der Waals surface area contributed by atoms with Crippen molar-refractivity contribution in [1.82, 2.24) is 9.97 Å². The summed E-state index contributed by atoms with van der Waals surface area (Å²) in [6, 6.07) is 1.77. The molecule has 0 amide bonds. The van der Waals surface area contributed by atoms with E-state index in [4.69, 9.17) is 16.9 Å². The molecule has 0 spiro atoms. The van der Waals surface area contributed by atoms with Gasteiger partial charge in [0.25, 0.3) is 0 Å². The van der Waals surface area contributed by atoms with Gasteiger partial charge in [-0.25, -0.2) is 9.97 Å². The van der Waals surface area contributed by atoms with Crippen LogP contribution >= 0.6 is 11.6 Å². The molecular weight excluding hydrogens is 218 g/mol. The fraction of sp³-hybridized carbons (Fsp3) is 0.444. The van der Waals surface area contributed by atoms with E-state index in [9.17, 15) is 10.2 Å². The number of aromatic nitrogens is 2. The average Bonchev–Trinajstić information content (AvgIpc) is 2.17. The quantitative estimate of drug-likeness (QED) is 0.744. The fourth-order valence-electron chi connectivity index (χ4n) is 1.15. The number of hydrogen-bond acceptors (Lipinski definition) is 5. The Labute approximate surface area is 92.0 Å². The molecule has 0 aliphatic carbocycles. The third kappa shape index (κ3) is 2.86. The van der Waals surface area contributed by atoms with Crippen molar-refractivity contribution in [2.24, 2.45) is 0 Å². The van der Waals surface area contributed by atoms with Crippen LogP contribution in [0.1, 0.15) is 23.8 Å². The number of rotatable bonds is 3. The van der Waals surface area contributed by atoms with Crippen LogP contribution in [0.25, 0.3) is 0 Å².